The van der Waals surface area contributed by atoms with Crippen LogP contribution in [0.1, 0.15) is 10.6 Å². The molecule has 5 heteroatoms. The number of rotatable bonds is 4. The number of aryl methyl sites for hydroxylation is 1. The summed E-state index contributed by atoms with van der Waals surface area (Å²) in [6.45, 7) is 2.84. The number of carbonyl (C=O) groups excluding carboxylic acids is 1. The number of nitrogens with zero attached hydrogens (tertiary/aromatic N) is 1. The Morgan fingerprint density at radius 3 is 3.00 bits per heavy atom. The SMILES string of the molecule is Cc1nc(Br)sc1CCOC=O. The maximum Gasteiger partial charge on any atom is 0.293 e. The second kappa shape index (κ2) is 4.57. The van der Waals surface area contributed by atoms with Gasteiger partial charge in [-0.3, -0.25) is 4.79 Å². The van der Waals surface area contributed by atoms with E-state index in [1.165, 1.54) is 0 Å². The molecule has 0 spiro atoms. The molecule has 0 amide bonds. The van der Waals surface area contributed by atoms with Gasteiger partial charge in [0.2, 0.25) is 0 Å². The molecule has 1 rings (SSSR count). The van der Waals surface area contributed by atoms with Crippen molar-refractivity contribution in [2.45, 2.75) is 13.3 Å². The van der Waals surface area contributed by atoms with E-state index >= 15 is 0 Å². The van der Waals surface area contributed by atoms with Gasteiger partial charge in [0.25, 0.3) is 6.47 Å². The Balaban J connectivity index is 2.50. The molecule has 0 atom stereocenters. The summed E-state index contributed by atoms with van der Waals surface area (Å²) in [5, 5.41) is 0. The Labute approximate surface area is 82.9 Å². The van der Waals surface area contributed by atoms with E-state index in [-0.39, 0.29) is 0 Å². The molecule has 0 saturated heterocycles. The standard InChI is InChI=1S/C7H8BrNO2S/c1-5-6(2-3-11-4-10)12-7(8)9-5/h4H,2-3H2,1H3. The molecule has 0 N–H and O–H groups in total. The molecule has 0 aliphatic rings. The van der Waals surface area contributed by atoms with Crippen molar-refractivity contribution in [3.63, 3.8) is 0 Å². The van der Waals surface area contributed by atoms with Crippen molar-refractivity contribution in [3.05, 3.63) is 14.5 Å². The van der Waals surface area contributed by atoms with Crippen LogP contribution >= 0.6 is 27.3 Å². The summed E-state index contributed by atoms with van der Waals surface area (Å²) >= 11 is 4.86. The fourth-order valence-corrected chi connectivity index (χ4v) is 2.44. The van der Waals surface area contributed by atoms with Gasteiger partial charge in [-0.1, -0.05) is 0 Å². The van der Waals surface area contributed by atoms with Crippen LogP contribution in [0.15, 0.2) is 3.92 Å². The average molecular weight is 250 g/mol. The normalized spacial score (nSPS) is 9.83. The summed E-state index contributed by atoms with van der Waals surface area (Å²) in [6, 6.07) is 0. The fourth-order valence-electron chi connectivity index (χ4n) is 0.824. The molecular formula is C7H8BrNO2S. The van der Waals surface area contributed by atoms with Crippen LogP contribution in [-0.4, -0.2) is 18.1 Å². The van der Waals surface area contributed by atoms with Gasteiger partial charge in [-0.15, -0.1) is 11.3 Å². The summed E-state index contributed by atoms with van der Waals surface area (Å²) in [6.07, 6.45) is 0.744. The van der Waals surface area contributed by atoms with Gasteiger partial charge in [0, 0.05) is 11.3 Å². The minimum absolute atomic E-state index is 0.430. The third-order valence-corrected chi connectivity index (χ3v) is 3.05. The van der Waals surface area contributed by atoms with Crippen LogP contribution in [0, 0.1) is 6.92 Å². The number of thiazole rings is 1. The molecule has 1 heterocycles. The van der Waals surface area contributed by atoms with Gasteiger partial charge in [0.15, 0.2) is 3.92 Å². The Kier molecular flexibility index (Phi) is 3.68. The van der Waals surface area contributed by atoms with Crippen LogP contribution in [0.2, 0.25) is 0 Å². The first-order valence-corrected chi connectivity index (χ1v) is 5.02. The van der Waals surface area contributed by atoms with Crippen LogP contribution in [-0.2, 0) is 16.0 Å². The Morgan fingerprint density at radius 2 is 2.50 bits per heavy atom. The monoisotopic (exact) mass is 249 g/mol. The van der Waals surface area contributed by atoms with Gasteiger partial charge in [-0.05, 0) is 22.9 Å². The quantitative estimate of drug-likeness (QED) is 0.605. The van der Waals surface area contributed by atoms with Gasteiger partial charge in [-0.2, -0.15) is 0 Å². The van der Waals surface area contributed by atoms with Crippen LogP contribution in [0.5, 0.6) is 0 Å². The minimum Gasteiger partial charge on any atom is -0.468 e. The molecule has 1 aromatic heterocycles. The van der Waals surface area contributed by atoms with Crippen molar-refractivity contribution in [3.8, 4) is 0 Å². The molecule has 0 bridgehead atoms. The van der Waals surface area contributed by atoms with Gasteiger partial charge >= 0.3 is 0 Å². The van der Waals surface area contributed by atoms with Gasteiger partial charge in [0.1, 0.15) is 0 Å². The predicted octanol–water partition coefficient (Wildman–Crippen LogP) is 1.93. The lowest BCUT2D eigenvalue weighted by Crippen LogP contribution is -1.95. The molecule has 1 aromatic rings. The van der Waals surface area contributed by atoms with Crippen LogP contribution in [0.4, 0.5) is 0 Å². The highest BCUT2D eigenvalue weighted by Gasteiger charge is 2.04. The zero-order valence-electron chi connectivity index (χ0n) is 6.54. The summed E-state index contributed by atoms with van der Waals surface area (Å²) in [5.41, 5.74) is 1.00. The summed E-state index contributed by atoms with van der Waals surface area (Å²) in [5.74, 6) is 0. The number of halogens is 1. The maximum absolute atomic E-state index is 9.84. The Hall–Kier alpha value is -0.420. The molecule has 0 saturated carbocycles. The van der Waals surface area contributed by atoms with Crippen molar-refractivity contribution in [1.29, 1.82) is 0 Å². The second-order valence-corrected chi connectivity index (χ2v) is 4.55. The topological polar surface area (TPSA) is 39.2 Å². The van der Waals surface area contributed by atoms with Crippen molar-refractivity contribution >= 4 is 33.7 Å². The molecule has 0 unspecified atom stereocenters. The van der Waals surface area contributed by atoms with E-state index in [1.54, 1.807) is 11.3 Å². The van der Waals surface area contributed by atoms with E-state index in [2.05, 4.69) is 25.7 Å². The van der Waals surface area contributed by atoms with Crippen LogP contribution in [0.3, 0.4) is 0 Å². The number of ether oxygens (including phenoxy) is 1. The molecular weight excluding hydrogens is 242 g/mol. The van der Waals surface area contributed by atoms with Crippen molar-refractivity contribution < 1.29 is 9.53 Å². The predicted molar refractivity (Wildman–Crippen MR) is 50.3 cm³/mol. The highest BCUT2D eigenvalue weighted by atomic mass is 79.9. The van der Waals surface area contributed by atoms with Gasteiger partial charge in [-0.25, -0.2) is 4.98 Å². The van der Waals surface area contributed by atoms with Crippen molar-refractivity contribution in [2.24, 2.45) is 0 Å². The smallest absolute Gasteiger partial charge is 0.293 e. The lowest BCUT2D eigenvalue weighted by atomic mass is 10.3. The van der Waals surface area contributed by atoms with Crippen molar-refractivity contribution in [2.75, 3.05) is 6.61 Å². The molecule has 0 aliphatic heterocycles. The first kappa shape index (κ1) is 9.67. The molecule has 0 aliphatic carbocycles. The van der Waals surface area contributed by atoms with E-state index < -0.39 is 0 Å². The van der Waals surface area contributed by atoms with E-state index in [1.807, 2.05) is 6.92 Å². The summed E-state index contributed by atoms with van der Waals surface area (Å²) in [7, 11) is 0. The van der Waals surface area contributed by atoms with Crippen LogP contribution in [0.25, 0.3) is 0 Å². The molecule has 0 radical (unpaired) electrons. The summed E-state index contributed by atoms with van der Waals surface area (Å²) in [4.78, 5) is 15.2. The van der Waals surface area contributed by atoms with Crippen LogP contribution < -0.4 is 0 Å². The average Bonchev–Trinajstić information content (AvgIpc) is 2.31. The highest BCUT2D eigenvalue weighted by molar-refractivity contribution is 9.11. The highest BCUT2D eigenvalue weighted by Crippen LogP contribution is 2.22. The molecule has 0 aromatic carbocycles. The zero-order valence-corrected chi connectivity index (χ0v) is 8.94. The number of hydrogen-bond acceptors (Lipinski definition) is 4. The fraction of sp³-hybridized carbons (Fsp3) is 0.429. The van der Waals surface area contributed by atoms with E-state index in [0.29, 0.717) is 13.1 Å². The van der Waals surface area contributed by atoms with Gasteiger partial charge in [0.05, 0.1) is 12.3 Å². The lowest BCUT2D eigenvalue weighted by molar-refractivity contribution is -0.128. The van der Waals surface area contributed by atoms with Crippen molar-refractivity contribution in [1.82, 2.24) is 4.98 Å². The largest absolute Gasteiger partial charge is 0.468 e. The lowest BCUT2D eigenvalue weighted by Gasteiger charge is -1.95. The molecule has 66 valence electrons. The second-order valence-electron chi connectivity index (χ2n) is 2.19. The van der Waals surface area contributed by atoms with E-state index in [4.69, 9.17) is 0 Å². The maximum atomic E-state index is 9.84. The first-order chi connectivity index (χ1) is 5.74. The molecule has 0 fully saturated rings. The Morgan fingerprint density at radius 1 is 1.75 bits per heavy atom. The zero-order chi connectivity index (χ0) is 8.97. The third-order valence-electron chi connectivity index (χ3n) is 1.38. The van der Waals surface area contributed by atoms with Gasteiger partial charge < -0.3 is 4.74 Å². The van der Waals surface area contributed by atoms with E-state index in [0.717, 1.165) is 20.9 Å². The Bertz CT molecular complexity index is 274. The number of carbonyl (C=O) groups is 1. The third kappa shape index (κ3) is 2.57. The van der Waals surface area contributed by atoms with E-state index in [9.17, 15) is 4.79 Å². The molecule has 12 heavy (non-hydrogen) atoms. The molecule has 3 nitrogen and oxygen atoms in total. The first-order valence-electron chi connectivity index (χ1n) is 3.41. The number of aromatic nitrogens is 1. The summed E-state index contributed by atoms with van der Waals surface area (Å²) < 4.78 is 5.46. The minimum atomic E-state index is 0.430. The number of hydrogen-bond donors (Lipinski definition) is 0.